The van der Waals surface area contributed by atoms with E-state index in [-0.39, 0.29) is 36.0 Å². The molecule has 1 atom stereocenters. The summed E-state index contributed by atoms with van der Waals surface area (Å²) < 4.78 is 12.8. The van der Waals surface area contributed by atoms with Crippen molar-refractivity contribution >= 4 is 18.1 Å². The second-order valence-corrected chi connectivity index (χ2v) is 2.72. The van der Waals surface area contributed by atoms with Crippen molar-refractivity contribution in [2.75, 3.05) is 12.3 Å². The molecule has 1 aromatic rings. The fourth-order valence-corrected chi connectivity index (χ4v) is 1.02. The van der Waals surface area contributed by atoms with Crippen molar-refractivity contribution < 1.29 is 14.6 Å². The summed E-state index contributed by atoms with van der Waals surface area (Å²) in [4.78, 5) is 0. The summed E-state index contributed by atoms with van der Waals surface area (Å²) in [5.74, 6) is -0.864. The smallest absolute Gasteiger partial charge is 0.143 e. The van der Waals surface area contributed by atoms with E-state index >= 15 is 0 Å². The maximum Gasteiger partial charge on any atom is 0.143 e. The first-order valence-corrected chi connectivity index (χ1v) is 3.70. The van der Waals surface area contributed by atoms with Crippen LogP contribution in [0.25, 0.3) is 0 Å². The minimum absolute atomic E-state index is 0. The Kier molecular flexibility index (Phi) is 4.62. The molecule has 0 saturated heterocycles. The van der Waals surface area contributed by atoms with Crippen molar-refractivity contribution in [1.29, 1.82) is 0 Å². The van der Waals surface area contributed by atoms with Crippen LogP contribution in [0.1, 0.15) is 11.6 Å². The lowest BCUT2D eigenvalue weighted by Gasteiger charge is -2.12. The molecule has 0 saturated carbocycles. The Labute approximate surface area is 86.7 Å². The summed E-state index contributed by atoms with van der Waals surface area (Å²) >= 11 is 0. The monoisotopic (exact) mass is 222 g/mol. The average molecular weight is 223 g/mol. The van der Waals surface area contributed by atoms with Crippen LogP contribution in [0, 0.1) is 5.82 Å². The molecule has 0 bridgehead atoms. The molecule has 0 aliphatic carbocycles. The van der Waals surface area contributed by atoms with E-state index in [2.05, 4.69) is 0 Å². The number of aromatic hydroxyl groups is 1. The zero-order valence-electron chi connectivity index (χ0n) is 7.27. The molecule has 0 aliphatic heterocycles. The minimum Gasteiger partial charge on any atom is -0.505 e. The fraction of sp³-hybridized carbons (Fsp3) is 0.250. The zero-order chi connectivity index (χ0) is 10.0. The lowest BCUT2D eigenvalue weighted by atomic mass is 10.1. The Morgan fingerprint density at radius 3 is 2.50 bits per heavy atom. The van der Waals surface area contributed by atoms with Crippen LogP contribution < -0.4 is 11.5 Å². The van der Waals surface area contributed by atoms with Gasteiger partial charge in [0, 0.05) is 11.6 Å². The first-order valence-electron chi connectivity index (χ1n) is 3.70. The van der Waals surface area contributed by atoms with Gasteiger partial charge >= 0.3 is 0 Å². The van der Waals surface area contributed by atoms with Gasteiger partial charge in [0.05, 0.1) is 18.3 Å². The number of phenols is 1. The van der Waals surface area contributed by atoms with Gasteiger partial charge in [-0.15, -0.1) is 12.4 Å². The molecule has 6 heteroatoms. The first kappa shape index (κ1) is 13.0. The first-order chi connectivity index (χ1) is 6.06. The van der Waals surface area contributed by atoms with E-state index in [1.54, 1.807) is 0 Å². The molecular formula is C8H12ClFN2O2. The van der Waals surface area contributed by atoms with Crippen LogP contribution in [0.3, 0.4) is 0 Å². The van der Waals surface area contributed by atoms with Crippen molar-refractivity contribution in [1.82, 2.24) is 0 Å². The number of halogens is 2. The maximum absolute atomic E-state index is 12.8. The van der Waals surface area contributed by atoms with Gasteiger partial charge in [0.25, 0.3) is 0 Å². The van der Waals surface area contributed by atoms with E-state index in [1.165, 1.54) is 0 Å². The molecule has 4 nitrogen and oxygen atoms in total. The van der Waals surface area contributed by atoms with Crippen LogP contribution in [0.4, 0.5) is 10.1 Å². The maximum atomic E-state index is 12.8. The Morgan fingerprint density at radius 2 is 2.00 bits per heavy atom. The molecule has 0 aliphatic rings. The Morgan fingerprint density at radius 1 is 1.43 bits per heavy atom. The van der Waals surface area contributed by atoms with Crippen LogP contribution >= 0.6 is 12.4 Å². The summed E-state index contributed by atoms with van der Waals surface area (Å²) in [6, 6.07) is 1.22. The normalized spacial score (nSPS) is 11.9. The van der Waals surface area contributed by atoms with E-state index in [1.807, 2.05) is 0 Å². The Hall–Kier alpha value is -1.04. The van der Waals surface area contributed by atoms with E-state index in [0.29, 0.717) is 0 Å². The number of anilines is 1. The van der Waals surface area contributed by atoms with E-state index in [9.17, 15) is 9.50 Å². The molecular weight excluding hydrogens is 211 g/mol. The molecule has 1 aromatic carbocycles. The van der Waals surface area contributed by atoms with Gasteiger partial charge in [0.15, 0.2) is 0 Å². The van der Waals surface area contributed by atoms with Crippen molar-refractivity contribution in [3.8, 4) is 5.75 Å². The molecule has 0 amide bonds. The molecule has 14 heavy (non-hydrogen) atoms. The van der Waals surface area contributed by atoms with Gasteiger partial charge in [-0.3, -0.25) is 0 Å². The van der Waals surface area contributed by atoms with Crippen LogP contribution in [0.2, 0.25) is 0 Å². The standard InChI is InChI=1S/C8H11FN2O2.ClH/c9-4-1-5(7(11)3-12)8(13)6(10)2-4;/h1-2,7,12-13H,3,10-11H2;1H/t7-;/m0./s1. The van der Waals surface area contributed by atoms with Gasteiger partial charge in [-0.2, -0.15) is 0 Å². The molecule has 0 spiro atoms. The number of benzene rings is 1. The molecule has 0 fully saturated rings. The lowest BCUT2D eigenvalue weighted by molar-refractivity contribution is 0.265. The van der Waals surface area contributed by atoms with E-state index < -0.39 is 11.9 Å². The quantitative estimate of drug-likeness (QED) is 0.434. The number of hydrogen-bond donors (Lipinski definition) is 4. The van der Waals surface area contributed by atoms with Gasteiger partial charge in [0.1, 0.15) is 11.6 Å². The molecule has 0 aromatic heterocycles. The topological polar surface area (TPSA) is 92.5 Å². The minimum atomic E-state index is -0.821. The number of hydrogen-bond acceptors (Lipinski definition) is 4. The summed E-state index contributed by atoms with van der Waals surface area (Å²) in [6.07, 6.45) is 0. The summed E-state index contributed by atoms with van der Waals surface area (Å²) in [6.45, 7) is -0.379. The van der Waals surface area contributed by atoms with Crippen LogP contribution in [-0.4, -0.2) is 16.8 Å². The Bertz CT molecular complexity index is 322. The molecule has 1 rings (SSSR count). The van der Waals surface area contributed by atoms with Gasteiger partial charge in [-0.1, -0.05) is 0 Å². The second kappa shape index (κ2) is 4.99. The predicted molar refractivity (Wildman–Crippen MR) is 53.7 cm³/mol. The van der Waals surface area contributed by atoms with E-state index in [0.717, 1.165) is 12.1 Å². The highest BCUT2D eigenvalue weighted by Crippen LogP contribution is 2.29. The average Bonchev–Trinajstić information content (AvgIpc) is 2.10. The van der Waals surface area contributed by atoms with E-state index in [4.69, 9.17) is 16.6 Å². The number of nitrogen functional groups attached to an aromatic ring is 1. The van der Waals surface area contributed by atoms with Crippen LogP contribution in [-0.2, 0) is 0 Å². The van der Waals surface area contributed by atoms with Gasteiger partial charge in [-0.05, 0) is 6.07 Å². The van der Waals surface area contributed by atoms with Gasteiger partial charge < -0.3 is 21.7 Å². The highest BCUT2D eigenvalue weighted by atomic mass is 35.5. The lowest BCUT2D eigenvalue weighted by Crippen LogP contribution is -2.15. The summed E-state index contributed by atoms with van der Waals surface area (Å²) in [5, 5.41) is 18.0. The molecule has 0 unspecified atom stereocenters. The SMILES string of the molecule is Cl.Nc1cc(F)cc([C@@H](N)CO)c1O. The van der Waals surface area contributed by atoms with Crippen molar-refractivity contribution in [2.24, 2.45) is 5.73 Å². The highest BCUT2D eigenvalue weighted by Gasteiger charge is 2.13. The number of rotatable bonds is 2. The number of aliphatic hydroxyl groups is 1. The molecule has 0 radical (unpaired) electrons. The molecule has 6 N–H and O–H groups in total. The third kappa shape index (κ3) is 2.47. The third-order valence-corrected chi connectivity index (χ3v) is 1.73. The van der Waals surface area contributed by atoms with Crippen molar-refractivity contribution in [3.63, 3.8) is 0 Å². The van der Waals surface area contributed by atoms with Gasteiger partial charge in [-0.25, -0.2) is 4.39 Å². The third-order valence-electron chi connectivity index (χ3n) is 1.73. The Balaban J connectivity index is 0.00000169. The van der Waals surface area contributed by atoms with Crippen molar-refractivity contribution in [2.45, 2.75) is 6.04 Å². The van der Waals surface area contributed by atoms with Crippen LogP contribution in [0.15, 0.2) is 12.1 Å². The van der Waals surface area contributed by atoms with Crippen LogP contribution in [0.5, 0.6) is 5.75 Å². The number of phenolic OH excluding ortho intramolecular Hbond substituents is 1. The summed E-state index contributed by atoms with van der Waals surface area (Å²) in [5.41, 5.74) is 10.7. The molecule has 0 heterocycles. The predicted octanol–water partition coefficient (Wildman–Crippen LogP) is 0.527. The largest absolute Gasteiger partial charge is 0.505 e. The van der Waals surface area contributed by atoms with Gasteiger partial charge in [0.2, 0.25) is 0 Å². The van der Waals surface area contributed by atoms with Crippen molar-refractivity contribution in [3.05, 3.63) is 23.5 Å². The fourth-order valence-electron chi connectivity index (χ4n) is 1.02. The summed E-state index contributed by atoms with van der Waals surface area (Å²) in [7, 11) is 0. The highest BCUT2D eigenvalue weighted by molar-refractivity contribution is 5.85. The zero-order valence-corrected chi connectivity index (χ0v) is 8.09. The second-order valence-electron chi connectivity index (χ2n) is 2.72. The number of aliphatic hydroxyl groups excluding tert-OH is 1. The number of nitrogens with two attached hydrogens (primary N) is 2. The molecule has 80 valence electrons.